The van der Waals surface area contributed by atoms with Crippen molar-refractivity contribution in [3.8, 4) is 0 Å². The minimum atomic E-state index is -4.17. The van der Waals surface area contributed by atoms with Gasteiger partial charge in [-0.25, -0.2) is 0 Å². The van der Waals surface area contributed by atoms with Gasteiger partial charge in [-0.2, -0.15) is 13.2 Å². The fourth-order valence-corrected chi connectivity index (χ4v) is 3.51. The van der Waals surface area contributed by atoms with E-state index in [0.29, 0.717) is 32.5 Å². The minimum Gasteiger partial charge on any atom is -0.378 e. The van der Waals surface area contributed by atoms with Crippen molar-refractivity contribution in [3.63, 3.8) is 0 Å². The van der Waals surface area contributed by atoms with E-state index in [2.05, 4.69) is 19.2 Å². The molecule has 1 saturated carbocycles. The zero-order valence-corrected chi connectivity index (χ0v) is 14.1. The Hall–Kier alpha value is -0.820. The molecule has 1 heterocycles. The summed E-state index contributed by atoms with van der Waals surface area (Å²) in [6.45, 7) is 6.54. The van der Waals surface area contributed by atoms with E-state index in [1.165, 1.54) is 4.90 Å². The van der Waals surface area contributed by atoms with Crippen LogP contribution in [0.5, 0.6) is 0 Å². The quantitative estimate of drug-likeness (QED) is 0.839. The first-order chi connectivity index (χ1) is 10.6. The summed E-state index contributed by atoms with van der Waals surface area (Å²) >= 11 is 0. The van der Waals surface area contributed by atoms with Crippen molar-refractivity contribution in [3.05, 3.63) is 0 Å². The van der Waals surface area contributed by atoms with Crippen LogP contribution >= 0.6 is 0 Å². The van der Waals surface area contributed by atoms with Crippen LogP contribution in [0.4, 0.5) is 13.2 Å². The first-order valence-electron chi connectivity index (χ1n) is 8.34. The molecule has 7 heteroatoms. The zero-order valence-electron chi connectivity index (χ0n) is 14.1. The zero-order chi connectivity index (χ0) is 17.3. The Bertz CT molecular complexity index is 418. The number of likely N-dealkylation sites (tertiary alicyclic amines) is 1. The molecule has 1 aliphatic carbocycles. The number of nitrogens with zero attached hydrogens (tertiary/aromatic N) is 1. The van der Waals surface area contributed by atoms with Crippen LogP contribution in [-0.4, -0.2) is 55.4 Å². The van der Waals surface area contributed by atoms with Crippen LogP contribution < -0.4 is 5.32 Å². The molecule has 0 unspecified atom stereocenters. The number of halogens is 3. The summed E-state index contributed by atoms with van der Waals surface area (Å²) in [6, 6.07) is 0.0831. The van der Waals surface area contributed by atoms with E-state index in [1.54, 1.807) is 0 Å². The molecule has 2 rings (SSSR count). The number of alkyl halides is 3. The maximum atomic E-state index is 12.4. The molecule has 0 spiro atoms. The van der Waals surface area contributed by atoms with E-state index in [-0.39, 0.29) is 29.4 Å². The van der Waals surface area contributed by atoms with Gasteiger partial charge in [-0.15, -0.1) is 0 Å². The predicted octanol–water partition coefficient (Wildman–Crippen LogP) is 2.58. The number of hydrogen-bond donors (Lipinski definition) is 1. The monoisotopic (exact) mass is 336 g/mol. The van der Waals surface area contributed by atoms with Gasteiger partial charge in [0.05, 0.1) is 12.6 Å². The summed E-state index contributed by atoms with van der Waals surface area (Å²) in [5.74, 6) is -0.203. The van der Waals surface area contributed by atoms with Crippen LogP contribution in [0.25, 0.3) is 0 Å². The number of carbonyl (C=O) groups is 1. The Morgan fingerprint density at radius 2 is 1.91 bits per heavy atom. The molecule has 23 heavy (non-hydrogen) atoms. The van der Waals surface area contributed by atoms with Gasteiger partial charge in [0.25, 0.3) is 0 Å². The van der Waals surface area contributed by atoms with E-state index in [0.717, 1.165) is 6.42 Å². The smallest absolute Gasteiger partial charge is 0.378 e. The highest BCUT2D eigenvalue weighted by molar-refractivity contribution is 5.79. The van der Waals surface area contributed by atoms with Crippen molar-refractivity contribution in [2.45, 2.75) is 58.4 Å². The van der Waals surface area contributed by atoms with Crippen molar-refractivity contribution in [1.82, 2.24) is 10.2 Å². The number of nitrogens with one attached hydrogen (secondary N) is 1. The highest BCUT2D eigenvalue weighted by Gasteiger charge is 2.50. The Morgan fingerprint density at radius 3 is 2.39 bits per heavy atom. The Labute approximate surface area is 135 Å². The largest absolute Gasteiger partial charge is 0.401 e. The molecule has 0 aromatic rings. The fourth-order valence-electron chi connectivity index (χ4n) is 3.51. The summed E-state index contributed by atoms with van der Waals surface area (Å²) in [6.07, 6.45) is -2.22. The van der Waals surface area contributed by atoms with Crippen LogP contribution in [0.1, 0.15) is 40.0 Å². The molecule has 0 aromatic heterocycles. The molecule has 0 bridgehead atoms. The number of ether oxygens (including phenoxy) is 1. The summed E-state index contributed by atoms with van der Waals surface area (Å²) in [7, 11) is 0. The molecular formula is C16H27F3N2O2. The summed E-state index contributed by atoms with van der Waals surface area (Å²) in [5, 5.41) is 3.07. The molecule has 2 fully saturated rings. The first kappa shape index (κ1) is 18.5. The maximum absolute atomic E-state index is 12.4. The second-order valence-corrected chi connectivity index (χ2v) is 7.23. The van der Waals surface area contributed by atoms with Crippen LogP contribution in [0, 0.1) is 11.3 Å². The highest BCUT2D eigenvalue weighted by atomic mass is 19.4. The number of carbonyl (C=O) groups excluding carboxylic acids is 1. The summed E-state index contributed by atoms with van der Waals surface area (Å²) < 4.78 is 42.8. The summed E-state index contributed by atoms with van der Waals surface area (Å²) in [4.78, 5) is 13.7. The average molecular weight is 336 g/mol. The molecule has 134 valence electrons. The minimum absolute atomic E-state index is 0.0234. The van der Waals surface area contributed by atoms with Gasteiger partial charge < -0.3 is 10.1 Å². The predicted molar refractivity (Wildman–Crippen MR) is 81.0 cm³/mol. The number of hydrogen-bond acceptors (Lipinski definition) is 3. The van der Waals surface area contributed by atoms with Crippen LogP contribution in [0.3, 0.4) is 0 Å². The topological polar surface area (TPSA) is 41.6 Å². The lowest BCUT2D eigenvalue weighted by Gasteiger charge is -2.52. The van der Waals surface area contributed by atoms with Gasteiger partial charge in [0.2, 0.25) is 5.91 Å². The molecule has 0 aromatic carbocycles. The van der Waals surface area contributed by atoms with E-state index in [1.807, 2.05) is 6.92 Å². The molecular weight excluding hydrogens is 309 g/mol. The van der Waals surface area contributed by atoms with Crippen molar-refractivity contribution in [2.75, 3.05) is 26.2 Å². The van der Waals surface area contributed by atoms with Crippen molar-refractivity contribution < 1.29 is 22.7 Å². The van der Waals surface area contributed by atoms with Crippen molar-refractivity contribution in [1.29, 1.82) is 0 Å². The number of amides is 1. The lowest BCUT2D eigenvalue weighted by molar-refractivity contribution is -0.151. The molecule has 4 nitrogen and oxygen atoms in total. The van der Waals surface area contributed by atoms with E-state index in [9.17, 15) is 18.0 Å². The van der Waals surface area contributed by atoms with Gasteiger partial charge in [-0.1, -0.05) is 13.8 Å². The lowest BCUT2D eigenvalue weighted by Crippen LogP contribution is -2.63. The maximum Gasteiger partial charge on any atom is 0.401 e. The van der Waals surface area contributed by atoms with E-state index < -0.39 is 12.7 Å². The molecule has 0 radical (unpaired) electrons. The molecule has 1 saturated heterocycles. The molecule has 2 aliphatic rings. The molecule has 2 atom stereocenters. The molecule has 1 N–H and O–H groups in total. The second kappa shape index (κ2) is 6.97. The van der Waals surface area contributed by atoms with Gasteiger partial charge in [0, 0.05) is 24.0 Å². The second-order valence-electron chi connectivity index (χ2n) is 7.23. The highest BCUT2D eigenvalue weighted by Crippen LogP contribution is 2.43. The average Bonchev–Trinajstić information content (AvgIpc) is 2.45. The number of rotatable bonds is 5. The summed E-state index contributed by atoms with van der Waals surface area (Å²) in [5.41, 5.74) is -0.0946. The van der Waals surface area contributed by atoms with Crippen LogP contribution in [0.2, 0.25) is 0 Å². The van der Waals surface area contributed by atoms with Gasteiger partial charge in [0.1, 0.15) is 0 Å². The Morgan fingerprint density at radius 1 is 1.30 bits per heavy atom. The third-order valence-corrected chi connectivity index (χ3v) is 5.22. The number of piperidine rings is 1. The Balaban J connectivity index is 1.76. The molecule has 1 aliphatic heterocycles. The van der Waals surface area contributed by atoms with E-state index >= 15 is 0 Å². The normalized spacial score (nSPS) is 29.1. The third-order valence-electron chi connectivity index (χ3n) is 5.22. The molecule has 1 amide bonds. The van der Waals surface area contributed by atoms with Crippen molar-refractivity contribution in [2.24, 2.45) is 11.3 Å². The fraction of sp³-hybridized carbons (Fsp3) is 0.938. The Kier molecular flexibility index (Phi) is 5.61. The van der Waals surface area contributed by atoms with Crippen LogP contribution in [0.15, 0.2) is 0 Å². The third kappa shape index (κ3) is 4.59. The van der Waals surface area contributed by atoms with Gasteiger partial charge in [-0.05, 0) is 39.3 Å². The van der Waals surface area contributed by atoms with E-state index in [4.69, 9.17) is 4.74 Å². The first-order valence-corrected chi connectivity index (χ1v) is 8.34. The van der Waals surface area contributed by atoms with Crippen molar-refractivity contribution >= 4 is 5.91 Å². The van der Waals surface area contributed by atoms with Gasteiger partial charge in [0.15, 0.2) is 0 Å². The standard InChI is InChI=1S/C16H27F3N2O2/c1-4-23-13-9-12(15(13,2)3)20-14(22)11-5-7-21(8-6-11)10-16(17,18)19/h11-13H,4-10H2,1-3H3,(H,20,22)/t12-,13+/m1/s1. The lowest BCUT2D eigenvalue weighted by atomic mass is 9.64. The van der Waals surface area contributed by atoms with Crippen LogP contribution in [-0.2, 0) is 9.53 Å². The SMILES string of the molecule is CCO[C@H]1C[C@@H](NC(=O)C2CCN(CC(F)(F)F)CC2)C1(C)C. The van der Waals surface area contributed by atoms with Gasteiger partial charge in [-0.3, -0.25) is 9.69 Å². The van der Waals surface area contributed by atoms with Gasteiger partial charge >= 0.3 is 6.18 Å².